The van der Waals surface area contributed by atoms with Gasteiger partial charge in [0.25, 0.3) is 0 Å². The summed E-state index contributed by atoms with van der Waals surface area (Å²) in [4.78, 5) is 11.6. The van der Waals surface area contributed by atoms with Crippen LogP contribution in [0.15, 0.2) is 22.7 Å². The molecule has 0 spiro atoms. The molecule has 3 nitrogen and oxygen atoms in total. The molecule has 0 bridgehead atoms. The maximum Gasteiger partial charge on any atom is 0.239 e. The number of carbonyl (C=O) groups excluding carboxylic acids is 1. The molecule has 0 radical (unpaired) electrons. The number of amides is 1. The average molecular weight is 425 g/mol. The maximum atomic E-state index is 11.6. The molecule has 0 saturated carbocycles. The molecule has 0 fully saturated rings. The first-order chi connectivity index (χ1) is 8.49. The van der Waals surface area contributed by atoms with Gasteiger partial charge in [0, 0.05) is 20.3 Å². The summed E-state index contributed by atoms with van der Waals surface area (Å²) in [5, 5.41) is 6.04. The van der Waals surface area contributed by atoms with E-state index >= 15 is 0 Å². The van der Waals surface area contributed by atoms with E-state index in [0.29, 0.717) is 12.5 Å². The van der Waals surface area contributed by atoms with Gasteiger partial charge in [0.2, 0.25) is 5.91 Å². The zero-order valence-corrected chi connectivity index (χ0v) is 14.3. The lowest BCUT2D eigenvalue weighted by Crippen LogP contribution is -2.31. The summed E-state index contributed by atoms with van der Waals surface area (Å²) >= 11 is 5.66. The third kappa shape index (κ3) is 6.04. The van der Waals surface area contributed by atoms with Crippen molar-refractivity contribution in [2.45, 2.75) is 20.3 Å². The zero-order valence-electron chi connectivity index (χ0n) is 10.6. The van der Waals surface area contributed by atoms with Crippen molar-refractivity contribution >= 4 is 50.1 Å². The van der Waals surface area contributed by atoms with Crippen LogP contribution in [0.5, 0.6) is 0 Å². The second-order valence-corrected chi connectivity index (χ2v) is 6.59. The molecule has 0 heterocycles. The largest absolute Gasteiger partial charge is 0.375 e. The van der Waals surface area contributed by atoms with Crippen LogP contribution >= 0.6 is 38.5 Å². The molecule has 2 N–H and O–H groups in total. The molecule has 18 heavy (non-hydrogen) atoms. The highest BCUT2D eigenvalue weighted by Crippen LogP contribution is 2.22. The first kappa shape index (κ1) is 15.8. The molecule has 100 valence electrons. The molecular weight excluding hydrogens is 407 g/mol. The van der Waals surface area contributed by atoms with Crippen LogP contribution in [0.2, 0.25) is 0 Å². The number of halogens is 2. The van der Waals surface area contributed by atoms with Crippen molar-refractivity contribution in [1.82, 2.24) is 5.32 Å². The predicted molar refractivity (Wildman–Crippen MR) is 87.8 cm³/mol. The maximum absolute atomic E-state index is 11.6. The number of carbonyl (C=O) groups is 1. The molecule has 1 rings (SSSR count). The molecule has 0 atom stereocenters. The predicted octanol–water partition coefficient (Wildman–Crippen LogP) is 3.63. The fourth-order valence-corrected chi connectivity index (χ4v) is 2.26. The summed E-state index contributed by atoms with van der Waals surface area (Å²) in [6.45, 7) is 5.35. The number of rotatable bonds is 6. The van der Waals surface area contributed by atoms with Crippen molar-refractivity contribution in [3.8, 4) is 0 Å². The van der Waals surface area contributed by atoms with Crippen molar-refractivity contribution in [3.63, 3.8) is 0 Å². The Kier molecular flexibility index (Phi) is 6.99. The highest BCUT2D eigenvalue weighted by Gasteiger charge is 2.04. The minimum absolute atomic E-state index is 0.0337. The van der Waals surface area contributed by atoms with E-state index < -0.39 is 0 Å². The van der Waals surface area contributed by atoms with Crippen LogP contribution in [0.25, 0.3) is 0 Å². The molecule has 0 aliphatic heterocycles. The van der Waals surface area contributed by atoms with Gasteiger partial charge in [-0.2, -0.15) is 0 Å². The molecule has 0 aliphatic rings. The van der Waals surface area contributed by atoms with E-state index in [-0.39, 0.29) is 5.91 Å². The van der Waals surface area contributed by atoms with Crippen molar-refractivity contribution in [2.75, 3.05) is 18.4 Å². The first-order valence-electron chi connectivity index (χ1n) is 5.94. The zero-order chi connectivity index (χ0) is 13.5. The van der Waals surface area contributed by atoms with E-state index in [1.165, 1.54) is 0 Å². The lowest BCUT2D eigenvalue weighted by Gasteiger charge is -2.10. The molecular formula is C13H18BrIN2O. The molecule has 5 heteroatoms. The second kappa shape index (κ2) is 7.99. The summed E-state index contributed by atoms with van der Waals surface area (Å²) in [5.41, 5.74) is 0.976. The quantitative estimate of drug-likeness (QED) is 0.684. The van der Waals surface area contributed by atoms with Crippen LogP contribution in [0.4, 0.5) is 5.69 Å². The number of anilines is 1. The van der Waals surface area contributed by atoms with Gasteiger partial charge in [0.15, 0.2) is 0 Å². The number of hydrogen-bond acceptors (Lipinski definition) is 2. The van der Waals surface area contributed by atoms with E-state index in [4.69, 9.17) is 0 Å². The van der Waals surface area contributed by atoms with Gasteiger partial charge < -0.3 is 10.6 Å². The van der Waals surface area contributed by atoms with E-state index in [9.17, 15) is 4.79 Å². The fourth-order valence-electron chi connectivity index (χ4n) is 1.37. The first-order valence-corrected chi connectivity index (χ1v) is 7.82. The van der Waals surface area contributed by atoms with E-state index in [1.54, 1.807) is 0 Å². The lowest BCUT2D eigenvalue weighted by molar-refractivity contribution is -0.119. The molecule has 0 unspecified atom stereocenters. The van der Waals surface area contributed by atoms with Gasteiger partial charge in [0.05, 0.1) is 6.54 Å². The molecule has 0 aromatic heterocycles. The van der Waals surface area contributed by atoms with Crippen molar-refractivity contribution in [2.24, 2.45) is 5.92 Å². The van der Waals surface area contributed by atoms with Crippen LogP contribution in [0, 0.1) is 9.49 Å². The van der Waals surface area contributed by atoms with E-state index in [2.05, 4.69) is 63.0 Å². The van der Waals surface area contributed by atoms with Crippen molar-refractivity contribution < 1.29 is 4.79 Å². The molecule has 0 aliphatic carbocycles. The number of benzene rings is 1. The molecule has 1 amide bonds. The minimum Gasteiger partial charge on any atom is -0.375 e. The van der Waals surface area contributed by atoms with Crippen LogP contribution in [0.3, 0.4) is 0 Å². The molecule has 1 aromatic rings. The fraction of sp³-hybridized carbons (Fsp3) is 0.462. The Morgan fingerprint density at radius 1 is 1.44 bits per heavy atom. The van der Waals surface area contributed by atoms with Crippen LogP contribution < -0.4 is 10.6 Å². The van der Waals surface area contributed by atoms with Crippen LogP contribution in [0.1, 0.15) is 20.3 Å². The standard InChI is InChI=1S/C13H18BrIN2O/c1-9(2)5-6-16-13(18)8-17-12-7-10(14)3-4-11(12)15/h3-4,7,9,17H,5-6,8H2,1-2H3,(H,16,18). The topological polar surface area (TPSA) is 41.1 Å². The summed E-state index contributed by atoms with van der Waals surface area (Å²) in [5.74, 6) is 0.649. The second-order valence-electron chi connectivity index (χ2n) is 4.51. The smallest absolute Gasteiger partial charge is 0.239 e. The highest BCUT2D eigenvalue weighted by molar-refractivity contribution is 14.1. The van der Waals surface area contributed by atoms with Crippen LogP contribution in [-0.4, -0.2) is 19.0 Å². The molecule has 1 aromatic carbocycles. The van der Waals surface area contributed by atoms with Gasteiger partial charge in [-0.1, -0.05) is 29.8 Å². The molecule has 0 saturated heterocycles. The van der Waals surface area contributed by atoms with Gasteiger partial charge in [-0.25, -0.2) is 0 Å². The van der Waals surface area contributed by atoms with Gasteiger partial charge in [0.1, 0.15) is 0 Å². The summed E-state index contributed by atoms with van der Waals surface area (Å²) in [6.07, 6.45) is 1.01. The normalized spacial score (nSPS) is 10.5. The Morgan fingerprint density at radius 3 is 2.83 bits per heavy atom. The van der Waals surface area contributed by atoms with Crippen LogP contribution in [-0.2, 0) is 4.79 Å². The third-order valence-electron chi connectivity index (χ3n) is 2.41. The monoisotopic (exact) mass is 424 g/mol. The number of nitrogens with one attached hydrogen (secondary N) is 2. The summed E-state index contributed by atoms with van der Waals surface area (Å²) in [6, 6.07) is 5.96. The Bertz CT molecular complexity index is 410. The Labute approximate surface area is 130 Å². The summed E-state index contributed by atoms with van der Waals surface area (Å²) < 4.78 is 2.11. The van der Waals surface area contributed by atoms with Crippen molar-refractivity contribution in [1.29, 1.82) is 0 Å². The van der Waals surface area contributed by atoms with Gasteiger partial charge >= 0.3 is 0 Å². The average Bonchev–Trinajstić information content (AvgIpc) is 2.30. The third-order valence-corrected chi connectivity index (χ3v) is 3.85. The van der Waals surface area contributed by atoms with Gasteiger partial charge in [-0.15, -0.1) is 0 Å². The number of hydrogen-bond donors (Lipinski definition) is 2. The Morgan fingerprint density at radius 2 is 2.17 bits per heavy atom. The van der Waals surface area contributed by atoms with E-state index in [0.717, 1.165) is 26.7 Å². The van der Waals surface area contributed by atoms with Crippen molar-refractivity contribution in [3.05, 3.63) is 26.2 Å². The summed E-state index contributed by atoms with van der Waals surface area (Å²) in [7, 11) is 0. The minimum atomic E-state index is 0.0337. The van der Waals surface area contributed by atoms with E-state index in [1.807, 2.05) is 18.2 Å². The highest BCUT2D eigenvalue weighted by atomic mass is 127. The Balaban J connectivity index is 2.36. The van der Waals surface area contributed by atoms with Gasteiger partial charge in [-0.05, 0) is 53.1 Å². The lowest BCUT2D eigenvalue weighted by atomic mass is 10.1. The Hall–Kier alpha value is -0.300. The van der Waals surface area contributed by atoms with Gasteiger partial charge in [-0.3, -0.25) is 4.79 Å². The SMILES string of the molecule is CC(C)CCNC(=O)CNc1cc(Br)ccc1I.